The molecule has 7 heteroatoms. The van der Waals surface area contributed by atoms with Gasteiger partial charge in [-0.05, 0) is 31.5 Å². The second-order valence-corrected chi connectivity index (χ2v) is 7.13. The van der Waals surface area contributed by atoms with Gasteiger partial charge in [-0.25, -0.2) is 4.98 Å². The van der Waals surface area contributed by atoms with Gasteiger partial charge in [0.2, 0.25) is 0 Å². The van der Waals surface area contributed by atoms with Crippen LogP contribution in [0.5, 0.6) is 0 Å². The van der Waals surface area contributed by atoms with Crippen molar-refractivity contribution in [2.24, 2.45) is 4.99 Å². The summed E-state index contributed by atoms with van der Waals surface area (Å²) in [7, 11) is 1.79. The van der Waals surface area contributed by atoms with Crippen LogP contribution in [0.2, 0.25) is 0 Å². The second-order valence-electron chi connectivity index (χ2n) is 5.84. The van der Waals surface area contributed by atoms with E-state index in [1.165, 1.54) is 15.8 Å². The highest BCUT2D eigenvalue weighted by molar-refractivity contribution is 14.0. The highest BCUT2D eigenvalue weighted by atomic mass is 127. The SMILES string of the molecule is CN=C(NCCc1nc(C)c(C)s1)NCc1ccnc2ccccc12.I. The van der Waals surface area contributed by atoms with Gasteiger partial charge in [0.25, 0.3) is 0 Å². The molecule has 0 aliphatic rings. The quantitative estimate of drug-likeness (QED) is 0.331. The van der Waals surface area contributed by atoms with Crippen molar-refractivity contribution in [1.82, 2.24) is 20.6 Å². The van der Waals surface area contributed by atoms with Gasteiger partial charge in [0, 0.05) is 43.0 Å². The summed E-state index contributed by atoms with van der Waals surface area (Å²) < 4.78 is 0. The molecule has 0 saturated heterocycles. The summed E-state index contributed by atoms with van der Waals surface area (Å²) in [5.41, 5.74) is 3.35. The molecule has 3 rings (SSSR count). The Bertz CT molecular complexity index is 866. The molecule has 0 radical (unpaired) electrons. The molecule has 0 amide bonds. The highest BCUT2D eigenvalue weighted by Crippen LogP contribution is 2.17. The predicted molar refractivity (Wildman–Crippen MR) is 121 cm³/mol. The molecule has 0 unspecified atom stereocenters. The summed E-state index contributed by atoms with van der Waals surface area (Å²) in [5, 5.41) is 9.06. The van der Waals surface area contributed by atoms with E-state index in [1.807, 2.05) is 30.5 Å². The molecule has 26 heavy (non-hydrogen) atoms. The lowest BCUT2D eigenvalue weighted by atomic mass is 10.1. The Kier molecular flexibility index (Phi) is 7.77. The first-order valence-electron chi connectivity index (χ1n) is 8.37. The monoisotopic (exact) mass is 481 g/mol. The van der Waals surface area contributed by atoms with Gasteiger partial charge in [-0.2, -0.15) is 0 Å². The predicted octanol–water partition coefficient (Wildman–Crippen LogP) is 3.83. The Morgan fingerprint density at radius 1 is 1.15 bits per heavy atom. The summed E-state index contributed by atoms with van der Waals surface area (Å²) in [6.07, 6.45) is 2.75. The summed E-state index contributed by atoms with van der Waals surface area (Å²) in [5.74, 6) is 0.797. The summed E-state index contributed by atoms with van der Waals surface area (Å²) in [6.45, 7) is 5.69. The number of hydrogen-bond acceptors (Lipinski definition) is 4. The molecule has 138 valence electrons. The van der Waals surface area contributed by atoms with Gasteiger partial charge in [-0.15, -0.1) is 35.3 Å². The van der Waals surface area contributed by atoms with Crippen LogP contribution in [0.4, 0.5) is 0 Å². The topological polar surface area (TPSA) is 62.2 Å². The van der Waals surface area contributed by atoms with Crippen molar-refractivity contribution < 1.29 is 0 Å². The van der Waals surface area contributed by atoms with Crippen molar-refractivity contribution in [2.75, 3.05) is 13.6 Å². The van der Waals surface area contributed by atoms with Crippen molar-refractivity contribution in [3.63, 3.8) is 0 Å². The number of aryl methyl sites for hydroxylation is 2. The Morgan fingerprint density at radius 2 is 1.96 bits per heavy atom. The molecule has 3 aromatic rings. The van der Waals surface area contributed by atoms with Gasteiger partial charge in [0.1, 0.15) is 0 Å². The smallest absolute Gasteiger partial charge is 0.191 e. The number of aromatic nitrogens is 2. The molecular formula is C19H24IN5S. The van der Waals surface area contributed by atoms with E-state index < -0.39 is 0 Å². The Hall–Kier alpha value is -1.74. The fourth-order valence-corrected chi connectivity index (χ4v) is 3.58. The zero-order valence-electron chi connectivity index (χ0n) is 15.2. The molecule has 2 aromatic heterocycles. The van der Waals surface area contributed by atoms with Crippen LogP contribution < -0.4 is 10.6 Å². The van der Waals surface area contributed by atoms with Gasteiger partial charge >= 0.3 is 0 Å². The van der Waals surface area contributed by atoms with E-state index in [-0.39, 0.29) is 24.0 Å². The van der Waals surface area contributed by atoms with Crippen molar-refractivity contribution in [3.8, 4) is 0 Å². The van der Waals surface area contributed by atoms with Crippen LogP contribution in [0.3, 0.4) is 0 Å². The molecule has 1 aromatic carbocycles. The maximum absolute atomic E-state index is 4.57. The zero-order chi connectivity index (χ0) is 17.6. The van der Waals surface area contributed by atoms with E-state index in [0.29, 0.717) is 6.54 Å². The van der Waals surface area contributed by atoms with Crippen molar-refractivity contribution in [3.05, 3.63) is 57.7 Å². The lowest BCUT2D eigenvalue weighted by molar-refractivity contribution is 0.792. The van der Waals surface area contributed by atoms with Gasteiger partial charge in [0.15, 0.2) is 5.96 Å². The minimum absolute atomic E-state index is 0. The van der Waals surface area contributed by atoms with Crippen LogP contribution in [0.25, 0.3) is 10.9 Å². The van der Waals surface area contributed by atoms with Gasteiger partial charge < -0.3 is 10.6 Å². The molecule has 0 saturated carbocycles. The number of rotatable bonds is 5. The van der Waals surface area contributed by atoms with E-state index >= 15 is 0 Å². The van der Waals surface area contributed by atoms with E-state index in [4.69, 9.17) is 0 Å². The maximum atomic E-state index is 4.57. The van der Waals surface area contributed by atoms with Gasteiger partial charge in [-0.3, -0.25) is 9.98 Å². The van der Waals surface area contributed by atoms with Crippen LogP contribution in [0, 0.1) is 13.8 Å². The summed E-state index contributed by atoms with van der Waals surface area (Å²) in [4.78, 5) is 14.6. The number of benzene rings is 1. The van der Waals surface area contributed by atoms with E-state index in [0.717, 1.165) is 35.1 Å². The molecule has 0 atom stereocenters. The summed E-state index contributed by atoms with van der Waals surface area (Å²) >= 11 is 1.77. The minimum atomic E-state index is 0. The molecule has 2 N–H and O–H groups in total. The lowest BCUT2D eigenvalue weighted by Crippen LogP contribution is -2.37. The Balaban J connectivity index is 0.00000243. The molecular weight excluding hydrogens is 457 g/mol. The van der Waals surface area contributed by atoms with Gasteiger partial charge in [-0.1, -0.05) is 18.2 Å². The maximum Gasteiger partial charge on any atom is 0.191 e. The average Bonchev–Trinajstić information content (AvgIpc) is 2.95. The third-order valence-electron chi connectivity index (χ3n) is 4.11. The Morgan fingerprint density at radius 3 is 2.69 bits per heavy atom. The number of guanidine groups is 1. The van der Waals surface area contributed by atoms with E-state index in [1.54, 1.807) is 18.4 Å². The van der Waals surface area contributed by atoms with Crippen LogP contribution in [-0.2, 0) is 13.0 Å². The Labute approximate surface area is 175 Å². The first-order chi connectivity index (χ1) is 12.2. The number of thiazole rings is 1. The molecule has 0 fully saturated rings. The van der Waals surface area contributed by atoms with E-state index in [9.17, 15) is 0 Å². The number of halogens is 1. The van der Waals surface area contributed by atoms with E-state index in [2.05, 4.69) is 45.5 Å². The fourth-order valence-electron chi connectivity index (χ4n) is 2.64. The van der Waals surface area contributed by atoms with Crippen LogP contribution in [-0.4, -0.2) is 29.5 Å². The number of hydrogen-bond donors (Lipinski definition) is 2. The fraction of sp³-hybridized carbons (Fsp3) is 0.316. The second kappa shape index (κ2) is 9.82. The normalized spacial score (nSPS) is 11.3. The average molecular weight is 481 g/mol. The number of aliphatic imine (C=N–C) groups is 1. The number of fused-ring (bicyclic) bond motifs is 1. The van der Waals surface area contributed by atoms with Crippen LogP contribution >= 0.6 is 35.3 Å². The zero-order valence-corrected chi connectivity index (χ0v) is 18.4. The first kappa shape index (κ1) is 20.6. The number of para-hydroxylation sites is 1. The lowest BCUT2D eigenvalue weighted by Gasteiger charge is -2.12. The standard InChI is InChI=1S/C19H23N5S.HI/c1-13-14(2)25-18(24-13)9-11-22-19(20-3)23-12-15-8-10-21-17-7-5-4-6-16(15)17;/h4-8,10H,9,11-12H2,1-3H3,(H2,20,22,23);1H. The van der Waals surface area contributed by atoms with Crippen molar-refractivity contribution >= 4 is 52.2 Å². The molecule has 0 aliphatic heterocycles. The molecule has 2 heterocycles. The molecule has 0 bridgehead atoms. The third kappa shape index (κ3) is 5.14. The number of nitrogens with one attached hydrogen (secondary N) is 2. The third-order valence-corrected chi connectivity index (χ3v) is 5.25. The largest absolute Gasteiger partial charge is 0.356 e. The van der Waals surface area contributed by atoms with Crippen LogP contribution in [0.15, 0.2) is 41.5 Å². The van der Waals surface area contributed by atoms with Crippen molar-refractivity contribution in [2.45, 2.75) is 26.8 Å². The highest BCUT2D eigenvalue weighted by Gasteiger charge is 2.05. The van der Waals surface area contributed by atoms with Gasteiger partial charge in [0.05, 0.1) is 16.2 Å². The molecule has 5 nitrogen and oxygen atoms in total. The summed E-state index contributed by atoms with van der Waals surface area (Å²) in [6, 6.07) is 10.2. The van der Waals surface area contributed by atoms with Crippen LogP contribution in [0.1, 0.15) is 21.1 Å². The number of nitrogens with zero attached hydrogens (tertiary/aromatic N) is 3. The molecule has 0 aliphatic carbocycles. The van der Waals surface area contributed by atoms with Crippen molar-refractivity contribution in [1.29, 1.82) is 0 Å². The molecule has 0 spiro atoms. The minimum Gasteiger partial charge on any atom is -0.356 e. The first-order valence-corrected chi connectivity index (χ1v) is 9.19. The number of pyridine rings is 1.